The maximum Gasteiger partial charge on any atom is 2.00 e. The molecule has 0 saturated heterocycles. The zero-order valence-corrected chi connectivity index (χ0v) is 17.0. The average Bonchev–Trinajstić information content (AvgIpc) is 2.67. The Morgan fingerprint density at radius 3 is 1.21 bits per heavy atom. The van der Waals surface area contributed by atoms with Crippen LogP contribution in [0.1, 0.15) is 12.8 Å². The number of halogens is 1. The van der Waals surface area contributed by atoms with Gasteiger partial charge in [0.2, 0.25) is 0 Å². The minimum absolute atomic E-state index is 0. The van der Waals surface area contributed by atoms with Crippen molar-refractivity contribution < 1.29 is 26.2 Å². The average molecular weight is 365 g/mol. The van der Waals surface area contributed by atoms with E-state index in [1.165, 1.54) is 0 Å². The first-order valence-corrected chi connectivity index (χ1v) is 3.43. The van der Waals surface area contributed by atoms with Crippen LogP contribution >= 0.6 is 17.0 Å². The molecule has 0 atom stereocenters. The van der Waals surface area contributed by atoms with Gasteiger partial charge in [0.15, 0.2) is 0 Å². The normalized spacial score (nSPS) is 12.6. The van der Waals surface area contributed by atoms with Gasteiger partial charge in [-0.1, -0.05) is 0 Å². The molecule has 4 heteroatoms. The first kappa shape index (κ1) is 24.1. The molecular formula is C10H17BrSi2Zr. The van der Waals surface area contributed by atoms with E-state index in [2.05, 4.69) is 24.3 Å². The van der Waals surface area contributed by atoms with Crippen molar-refractivity contribution in [1.29, 1.82) is 0 Å². The van der Waals surface area contributed by atoms with Gasteiger partial charge in [0.1, 0.15) is 0 Å². The molecule has 0 amide bonds. The Bertz CT molecular complexity index is 156. The summed E-state index contributed by atoms with van der Waals surface area (Å²) in [6.07, 6.45) is 20.0. The van der Waals surface area contributed by atoms with Crippen LogP contribution in [0.5, 0.6) is 0 Å². The van der Waals surface area contributed by atoms with Gasteiger partial charge in [-0.3, -0.25) is 12.2 Å². The third-order valence-electron chi connectivity index (χ3n) is 1.17. The minimum atomic E-state index is 0. The fraction of sp³-hybridized carbons (Fsp3) is 0.200. The molecule has 0 heterocycles. The van der Waals surface area contributed by atoms with E-state index >= 15 is 0 Å². The molecule has 0 N–H and O–H groups in total. The Morgan fingerprint density at radius 1 is 0.786 bits per heavy atom. The van der Waals surface area contributed by atoms with Gasteiger partial charge < -0.3 is 0 Å². The molecule has 0 spiro atoms. The standard InChI is InChI=1S/2C5H5.BrH.2H3Si.Zr/c2*1-2-4-5-3-1;;;;/h2*1-3H,4H2;1H;2*1H3;/q2*-1;;;;+2. The molecule has 0 unspecified atom stereocenters. The van der Waals surface area contributed by atoms with E-state index in [4.69, 9.17) is 0 Å². The first-order chi connectivity index (χ1) is 5.00. The molecule has 0 aliphatic heterocycles. The summed E-state index contributed by atoms with van der Waals surface area (Å²) in [6.45, 7) is 0. The predicted octanol–water partition coefficient (Wildman–Crippen LogP) is 0.819. The summed E-state index contributed by atoms with van der Waals surface area (Å²) in [7, 11) is 0. The van der Waals surface area contributed by atoms with Crippen molar-refractivity contribution in [3.05, 3.63) is 48.6 Å². The number of hydrogen-bond acceptors (Lipinski definition) is 0. The molecule has 0 aromatic carbocycles. The van der Waals surface area contributed by atoms with Gasteiger partial charge in [-0.25, -0.2) is 24.3 Å². The minimum Gasteiger partial charge on any atom is -0.273 e. The Hall–Kier alpha value is 0.757. The van der Waals surface area contributed by atoms with E-state index in [9.17, 15) is 0 Å². The largest absolute Gasteiger partial charge is 2.00 e. The molecule has 0 aromatic heterocycles. The smallest absolute Gasteiger partial charge is 0.273 e. The fourth-order valence-electron chi connectivity index (χ4n) is 0.680. The molecule has 2 radical (unpaired) electrons. The Kier molecular flexibility index (Phi) is 33.4. The van der Waals surface area contributed by atoms with Crippen LogP contribution in [0.3, 0.4) is 0 Å². The van der Waals surface area contributed by atoms with Crippen LogP contribution in [-0.2, 0) is 26.2 Å². The fourth-order valence-corrected chi connectivity index (χ4v) is 0.680. The van der Waals surface area contributed by atoms with Gasteiger partial charge in [-0.05, 0) is 21.9 Å². The molecule has 2 rings (SSSR count). The number of rotatable bonds is 0. The van der Waals surface area contributed by atoms with Crippen molar-refractivity contribution in [3.63, 3.8) is 0 Å². The summed E-state index contributed by atoms with van der Waals surface area (Å²) in [5.74, 6) is 0. The Balaban J connectivity index is -0.0000000556. The molecule has 0 fully saturated rings. The maximum absolute atomic E-state index is 2.99. The number of allylic oxidation sites excluding steroid dienone is 8. The van der Waals surface area contributed by atoms with Gasteiger partial charge in [0.25, 0.3) is 0 Å². The van der Waals surface area contributed by atoms with Gasteiger partial charge in [-0.2, -0.15) is 12.2 Å². The molecular weight excluding hydrogens is 347 g/mol. The summed E-state index contributed by atoms with van der Waals surface area (Å²) in [4.78, 5) is 0. The SMILES string of the molecule is Br.[C-]1=CC=CC1.[C-]1=CC=CC1.[SiH3].[SiH3].[Zr+2]. The van der Waals surface area contributed by atoms with Gasteiger partial charge in [0.05, 0.1) is 0 Å². The first-order valence-electron chi connectivity index (χ1n) is 3.43. The van der Waals surface area contributed by atoms with Crippen LogP contribution in [0.2, 0.25) is 0 Å². The van der Waals surface area contributed by atoms with E-state index in [0.717, 1.165) is 12.8 Å². The Morgan fingerprint density at radius 2 is 1.14 bits per heavy atom. The summed E-state index contributed by atoms with van der Waals surface area (Å²) in [5.41, 5.74) is 0. The van der Waals surface area contributed by atoms with E-state index in [1.54, 1.807) is 0 Å². The number of hydrogen-bond donors (Lipinski definition) is 0. The monoisotopic (exact) mass is 362 g/mol. The van der Waals surface area contributed by atoms with Crippen LogP contribution < -0.4 is 0 Å². The van der Waals surface area contributed by atoms with Crippen molar-refractivity contribution in [2.24, 2.45) is 0 Å². The third kappa shape index (κ3) is 15.2. The second-order valence-corrected chi connectivity index (χ2v) is 2.01. The molecule has 2 aliphatic rings. The molecule has 76 valence electrons. The van der Waals surface area contributed by atoms with Crippen LogP contribution in [0.15, 0.2) is 36.5 Å². The van der Waals surface area contributed by atoms with Crippen LogP contribution in [0.4, 0.5) is 0 Å². The third-order valence-corrected chi connectivity index (χ3v) is 1.17. The van der Waals surface area contributed by atoms with Crippen molar-refractivity contribution >= 4 is 38.9 Å². The second kappa shape index (κ2) is 19.3. The second-order valence-electron chi connectivity index (χ2n) is 2.01. The van der Waals surface area contributed by atoms with E-state index in [-0.39, 0.29) is 65.1 Å². The van der Waals surface area contributed by atoms with Gasteiger partial charge in [-0.15, -0.1) is 29.8 Å². The molecule has 0 bridgehead atoms. The predicted molar refractivity (Wildman–Crippen MR) is 73.3 cm³/mol. The van der Waals surface area contributed by atoms with Crippen molar-refractivity contribution in [3.8, 4) is 0 Å². The Labute approximate surface area is 126 Å². The summed E-state index contributed by atoms with van der Waals surface area (Å²) < 4.78 is 0. The maximum atomic E-state index is 2.99. The van der Waals surface area contributed by atoms with Crippen LogP contribution in [0, 0.1) is 12.2 Å². The van der Waals surface area contributed by atoms with E-state index in [0.29, 0.717) is 0 Å². The van der Waals surface area contributed by atoms with E-state index < -0.39 is 0 Å². The van der Waals surface area contributed by atoms with Gasteiger partial charge >= 0.3 is 26.2 Å². The zero-order chi connectivity index (χ0) is 7.07. The summed E-state index contributed by atoms with van der Waals surface area (Å²) in [6, 6.07) is 0. The quantitative estimate of drug-likeness (QED) is 0.441. The molecule has 0 aromatic rings. The van der Waals surface area contributed by atoms with Crippen molar-refractivity contribution in [2.75, 3.05) is 0 Å². The van der Waals surface area contributed by atoms with Crippen molar-refractivity contribution in [1.82, 2.24) is 0 Å². The van der Waals surface area contributed by atoms with Crippen LogP contribution in [0.25, 0.3) is 0 Å². The zero-order valence-electron chi connectivity index (χ0n) is 8.79. The van der Waals surface area contributed by atoms with E-state index in [1.807, 2.05) is 24.3 Å². The molecule has 2 aliphatic carbocycles. The van der Waals surface area contributed by atoms with Gasteiger partial charge in [0, 0.05) is 0 Å². The van der Waals surface area contributed by atoms with Crippen molar-refractivity contribution in [2.45, 2.75) is 12.8 Å². The molecule has 0 nitrogen and oxygen atoms in total. The molecule has 0 saturated carbocycles. The molecule has 14 heavy (non-hydrogen) atoms. The van der Waals surface area contributed by atoms with Crippen LogP contribution in [-0.4, -0.2) is 21.9 Å². The summed E-state index contributed by atoms with van der Waals surface area (Å²) in [5, 5.41) is 0. The summed E-state index contributed by atoms with van der Waals surface area (Å²) >= 11 is 0. The topological polar surface area (TPSA) is 0 Å².